The Bertz CT molecular complexity index is 1020. The highest BCUT2D eigenvalue weighted by molar-refractivity contribution is 7.09. The Hall–Kier alpha value is -2.83. The van der Waals surface area contributed by atoms with E-state index in [0.29, 0.717) is 10.6 Å². The van der Waals surface area contributed by atoms with E-state index in [1.165, 1.54) is 28.6 Å². The minimum Gasteiger partial charge on any atom is -0.503 e. The van der Waals surface area contributed by atoms with Gasteiger partial charge in [0.2, 0.25) is 5.78 Å². The zero-order valence-corrected chi connectivity index (χ0v) is 15.5. The summed E-state index contributed by atoms with van der Waals surface area (Å²) in [7, 11) is 0. The van der Waals surface area contributed by atoms with Crippen LogP contribution in [0.25, 0.3) is 0 Å². The predicted octanol–water partition coefficient (Wildman–Crippen LogP) is 4.77. The molecule has 136 valence electrons. The average Bonchev–Trinajstić information content (AvgIpc) is 3.40. The second-order valence-corrected chi connectivity index (χ2v) is 7.44. The summed E-state index contributed by atoms with van der Waals surface area (Å²) in [4.78, 5) is 28.2. The van der Waals surface area contributed by atoms with Crippen molar-refractivity contribution in [2.24, 2.45) is 0 Å². The van der Waals surface area contributed by atoms with Gasteiger partial charge in [-0.1, -0.05) is 35.9 Å². The number of Topliss-reactive ketones (excluding diaryl/α,β-unsaturated/α-hetero) is 1. The molecule has 27 heavy (non-hydrogen) atoms. The molecule has 0 saturated carbocycles. The number of hydrogen-bond donors (Lipinski definition) is 1. The molecule has 2 aromatic heterocycles. The van der Waals surface area contributed by atoms with Crippen molar-refractivity contribution >= 4 is 34.6 Å². The van der Waals surface area contributed by atoms with Crippen LogP contribution < -0.4 is 0 Å². The molecule has 5 nitrogen and oxygen atoms in total. The maximum absolute atomic E-state index is 13.0. The van der Waals surface area contributed by atoms with Gasteiger partial charge in [-0.2, -0.15) is 0 Å². The molecule has 3 heterocycles. The summed E-state index contributed by atoms with van der Waals surface area (Å²) >= 11 is 7.86. The van der Waals surface area contributed by atoms with E-state index in [2.05, 4.69) is 0 Å². The number of thiophene rings is 1. The number of carbonyl (C=O) groups excluding carboxylic acids is 2. The molecule has 0 saturated heterocycles. The van der Waals surface area contributed by atoms with Crippen molar-refractivity contribution < 1.29 is 19.1 Å². The van der Waals surface area contributed by atoms with E-state index in [0.717, 1.165) is 4.88 Å². The average molecular weight is 400 g/mol. The largest absolute Gasteiger partial charge is 0.503 e. The van der Waals surface area contributed by atoms with Crippen molar-refractivity contribution in [3.05, 3.63) is 92.7 Å². The molecule has 1 aliphatic rings. The van der Waals surface area contributed by atoms with Gasteiger partial charge in [0.1, 0.15) is 0 Å². The van der Waals surface area contributed by atoms with Gasteiger partial charge in [0.05, 0.1) is 24.4 Å². The van der Waals surface area contributed by atoms with Crippen LogP contribution in [0.15, 0.2) is 75.9 Å². The maximum Gasteiger partial charge on any atom is 0.290 e. The van der Waals surface area contributed by atoms with Crippen molar-refractivity contribution in [3.63, 3.8) is 0 Å². The van der Waals surface area contributed by atoms with Gasteiger partial charge in [-0.3, -0.25) is 9.59 Å². The summed E-state index contributed by atoms with van der Waals surface area (Å²) in [6.45, 7) is 0.255. The molecular weight excluding hydrogens is 386 g/mol. The van der Waals surface area contributed by atoms with E-state index in [4.69, 9.17) is 16.0 Å². The molecule has 3 aromatic rings. The van der Waals surface area contributed by atoms with Crippen molar-refractivity contribution in [2.75, 3.05) is 0 Å². The first-order valence-electron chi connectivity index (χ1n) is 8.17. The van der Waals surface area contributed by atoms with Crippen molar-refractivity contribution in [1.29, 1.82) is 0 Å². The summed E-state index contributed by atoms with van der Waals surface area (Å²) in [5.41, 5.74) is 0.544. The predicted molar refractivity (Wildman–Crippen MR) is 102 cm³/mol. The number of aliphatic hydroxyl groups excluding tert-OH is 1. The molecule has 0 spiro atoms. The Morgan fingerprint density at radius 2 is 2.00 bits per heavy atom. The van der Waals surface area contributed by atoms with Crippen LogP contribution in [0, 0.1) is 0 Å². The second kappa shape index (κ2) is 7.06. The fourth-order valence-corrected chi connectivity index (χ4v) is 4.12. The lowest BCUT2D eigenvalue weighted by atomic mass is 9.95. The van der Waals surface area contributed by atoms with Crippen LogP contribution in [0.2, 0.25) is 5.02 Å². The third-order valence-electron chi connectivity index (χ3n) is 4.40. The molecule has 1 aliphatic heterocycles. The van der Waals surface area contributed by atoms with Gasteiger partial charge in [-0.25, -0.2) is 0 Å². The van der Waals surface area contributed by atoms with Gasteiger partial charge < -0.3 is 14.4 Å². The smallest absolute Gasteiger partial charge is 0.290 e. The maximum atomic E-state index is 13.0. The SMILES string of the molecule is O=C(C1=C(O)C(=O)N(Cc2cccs2)C1c1ccccc1Cl)c1ccco1. The standard InChI is InChI=1S/C20H14ClNO4S/c21-14-7-2-1-6-13(14)17-16(18(23)15-8-3-9-26-15)19(24)20(25)22(17)11-12-5-4-10-27-12/h1-10,17,24H,11H2. The third-order valence-corrected chi connectivity index (χ3v) is 5.60. The molecule has 1 aromatic carbocycles. The lowest BCUT2D eigenvalue weighted by Gasteiger charge is -2.26. The van der Waals surface area contributed by atoms with Gasteiger partial charge in [0.15, 0.2) is 11.5 Å². The Balaban J connectivity index is 1.83. The minimum absolute atomic E-state index is 0.0281. The molecule has 0 fully saturated rings. The van der Waals surface area contributed by atoms with Gasteiger partial charge in [0, 0.05) is 9.90 Å². The number of carbonyl (C=O) groups is 2. The van der Waals surface area contributed by atoms with Crippen LogP contribution in [0.4, 0.5) is 0 Å². The van der Waals surface area contributed by atoms with Gasteiger partial charge in [-0.05, 0) is 35.2 Å². The number of aliphatic hydroxyl groups is 1. The number of halogens is 1. The molecule has 1 amide bonds. The first-order chi connectivity index (χ1) is 13.1. The second-order valence-electron chi connectivity index (χ2n) is 6.01. The van der Waals surface area contributed by atoms with E-state index < -0.39 is 23.5 Å². The topological polar surface area (TPSA) is 70.8 Å². The molecule has 7 heteroatoms. The zero-order valence-electron chi connectivity index (χ0n) is 14.0. The number of nitrogens with zero attached hydrogens (tertiary/aromatic N) is 1. The third kappa shape index (κ3) is 3.07. The Morgan fingerprint density at radius 3 is 2.67 bits per heavy atom. The normalized spacial score (nSPS) is 17.0. The van der Waals surface area contributed by atoms with E-state index in [9.17, 15) is 14.7 Å². The number of furan rings is 1. The fourth-order valence-electron chi connectivity index (χ4n) is 3.18. The van der Waals surface area contributed by atoms with Crippen LogP contribution in [-0.4, -0.2) is 21.7 Å². The summed E-state index contributed by atoms with van der Waals surface area (Å²) in [5.74, 6) is -1.66. The van der Waals surface area contributed by atoms with Gasteiger partial charge in [0.25, 0.3) is 5.91 Å². The molecule has 1 atom stereocenters. The number of benzene rings is 1. The van der Waals surface area contributed by atoms with Gasteiger partial charge in [-0.15, -0.1) is 11.3 Å². The van der Waals surface area contributed by atoms with Crippen LogP contribution in [0.3, 0.4) is 0 Å². The summed E-state index contributed by atoms with van der Waals surface area (Å²) < 4.78 is 5.19. The Kier molecular flexibility index (Phi) is 4.59. The van der Waals surface area contributed by atoms with E-state index >= 15 is 0 Å². The van der Waals surface area contributed by atoms with E-state index in [1.807, 2.05) is 17.5 Å². The molecule has 0 radical (unpaired) electrons. The number of hydrogen-bond acceptors (Lipinski definition) is 5. The van der Waals surface area contributed by atoms with Crippen LogP contribution in [0.5, 0.6) is 0 Å². The highest BCUT2D eigenvalue weighted by Crippen LogP contribution is 2.42. The number of ketones is 1. The quantitative estimate of drug-likeness (QED) is 0.627. The monoisotopic (exact) mass is 399 g/mol. The number of rotatable bonds is 5. The minimum atomic E-state index is -0.800. The highest BCUT2D eigenvalue weighted by Gasteiger charge is 2.45. The number of amides is 1. The highest BCUT2D eigenvalue weighted by atomic mass is 35.5. The van der Waals surface area contributed by atoms with Crippen LogP contribution in [0.1, 0.15) is 27.0 Å². The van der Waals surface area contributed by atoms with Gasteiger partial charge >= 0.3 is 0 Å². The molecule has 0 aliphatic carbocycles. The van der Waals surface area contributed by atoms with Crippen LogP contribution >= 0.6 is 22.9 Å². The first-order valence-corrected chi connectivity index (χ1v) is 9.43. The summed E-state index contributed by atoms with van der Waals surface area (Å²) in [6, 6.07) is 13.0. The zero-order chi connectivity index (χ0) is 19.0. The first kappa shape index (κ1) is 17.6. The van der Waals surface area contributed by atoms with Crippen LogP contribution in [-0.2, 0) is 11.3 Å². The van der Waals surface area contributed by atoms with Crippen molar-refractivity contribution in [3.8, 4) is 0 Å². The molecular formula is C20H14ClNO4S. The lowest BCUT2D eigenvalue weighted by molar-refractivity contribution is -0.130. The summed E-state index contributed by atoms with van der Waals surface area (Å²) in [6.07, 6.45) is 1.37. The van der Waals surface area contributed by atoms with E-state index in [1.54, 1.807) is 30.3 Å². The summed E-state index contributed by atoms with van der Waals surface area (Å²) in [5, 5.41) is 12.8. The Labute approximate surface area is 164 Å². The van der Waals surface area contributed by atoms with Crippen molar-refractivity contribution in [2.45, 2.75) is 12.6 Å². The van der Waals surface area contributed by atoms with Crippen molar-refractivity contribution in [1.82, 2.24) is 4.90 Å². The fraction of sp³-hybridized carbons (Fsp3) is 0.100. The molecule has 0 bridgehead atoms. The van der Waals surface area contributed by atoms with E-state index in [-0.39, 0.29) is 17.9 Å². The molecule has 1 unspecified atom stereocenters. The lowest BCUT2D eigenvalue weighted by Crippen LogP contribution is -2.30. The Morgan fingerprint density at radius 1 is 1.19 bits per heavy atom. The molecule has 4 rings (SSSR count). The molecule has 1 N–H and O–H groups in total.